The summed E-state index contributed by atoms with van der Waals surface area (Å²) in [6, 6.07) is 6.09. The van der Waals surface area contributed by atoms with E-state index >= 15 is 0 Å². The highest BCUT2D eigenvalue weighted by Crippen LogP contribution is 2.33. The number of benzene rings is 1. The van der Waals surface area contributed by atoms with Crippen molar-refractivity contribution in [3.63, 3.8) is 0 Å². The van der Waals surface area contributed by atoms with Crippen molar-refractivity contribution in [1.82, 2.24) is 14.8 Å². The van der Waals surface area contributed by atoms with Crippen LogP contribution in [0.4, 0.5) is 11.4 Å². The van der Waals surface area contributed by atoms with E-state index in [4.69, 9.17) is 0 Å². The van der Waals surface area contributed by atoms with Gasteiger partial charge >= 0.3 is 0 Å². The third kappa shape index (κ3) is 4.78. The van der Waals surface area contributed by atoms with Crippen LogP contribution < -0.4 is 5.32 Å². The Kier molecular flexibility index (Phi) is 6.80. The Hall–Kier alpha value is -2.68. The van der Waals surface area contributed by atoms with Gasteiger partial charge in [-0.05, 0) is 18.9 Å². The van der Waals surface area contributed by atoms with Gasteiger partial charge in [-0.3, -0.25) is 14.9 Å². The average Bonchev–Trinajstić information content (AvgIpc) is 3.10. The van der Waals surface area contributed by atoms with E-state index in [1.807, 2.05) is 4.57 Å². The lowest BCUT2D eigenvalue weighted by atomic mass is 9.89. The molecule has 1 N–H and O–H groups in total. The normalized spacial score (nSPS) is 14.6. The molecule has 1 aromatic heterocycles. The number of allylic oxidation sites excluding steroid dienone is 1. The van der Waals surface area contributed by atoms with Gasteiger partial charge in [-0.15, -0.1) is 16.8 Å². The number of aromatic nitrogens is 3. The van der Waals surface area contributed by atoms with Crippen LogP contribution in [0.3, 0.4) is 0 Å². The minimum absolute atomic E-state index is 0.0893. The highest BCUT2D eigenvalue weighted by molar-refractivity contribution is 7.99. The van der Waals surface area contributed by atoms with Gasteiger partial charge in [-0.1, -0.05) is 49.2 Å². The number of nitrogens with one attached hydrogen (secondary N) is 1. The number of hydrogen-bond acceptors (Lipinski definition) is 6. The Bertz CT molecular complexity index is 861. The summed E-state index contributed by atoms with van der Waals surface area (Å²) in [5.41, 5.74) is 0.0591. The second-order valence-corrected chi connectivity index (χ2v) is 7.63. The third-order valence-electron chi connectivity index (χ3n) is 4.73. The minimum atomic E-state index is -0.514. The van der Waals surface area contributed by atoms with Crippen molar-refractivity contribution in [2.24, 2.45) is 0 Å². The molecule has 1 aliphatic rings. The Morgan fingerprint density at radius 3 is 2.79 bits per heavy atom. The zero-order valence-electron chi connectivity index (χ0n) is 15.5. The van der Waals surface area contributed by atoms with Crippen molar-refractivity contribution in [3.05, 3.63) is 52.9 Å². The molecular weight excluding hydrogens is 378 g/mol. The number of nitro groups is 1. The molecule has 0 atom stereocenters. The van der Waals surface area contributed by atoms with Crippen LogP contribution in [0.1, 0.15) is 43.8 Å². The summed E-state index contributed by atoms with van der Waals surface area (Å²) in [6.07, 6.45) is 7.68. The molecule has 2 aromatic rings. The first-order chi connectivity index (χ1) is 13.6. The maximum absolute atomic E-state index is 12.3. The van der Waals surface area contributed by atoms with E-state index in [-0.39, 0.29) is 23.0 Å². The molecule has 0 bridgehead atoms. The number of anilines is 1. The van der Waals surface area contributed by atoms with Gasteiger partial charge < -0.3 is 9.88 Å². The summed E-state index contributed by atoms with van der Waals surface area (Å²) in [5, 5.41) is 23.0. The molecular formula is C19H23N5O3S. The lowest BCUT2D eigenvalue weighted by Gasteiger charge is -2.21. The lowest BCUT2D eigenvalue weighted by molar-refractivity contribution is -0.383. The van der Waals surface area contributed by atoms with Gasteiger partial charge in [-0.25, -0.2) is 0 Å². The molecule has 28 heavy (non-hydrogen) atoms. The second-order valence-electron chi connectivity index (χ2n) is 6.69. The van der Waals surface area contributed by atoms with Crippen molar-refractivity contribution in [1.29, 1.82) is 0 Å². The number of para-hydroxylation sites is 2. The monoisotopic (exact) mass is 401 g/mol. The number of carbonyl (C=O) groups is 1. The largest absolute Gasteiger partial charge is 0.320 e. The van der Waals surface area contributed by atoms with Crippen LogP contribution >= 0.6 is 11.8 Å². The summed E-state index contributed by atoms with van der Waals surface area (Å²) in [7, 11) is 0. The number of nitrogens with zero attached hydrogens (tertiary/aromatic N) is 4. The molecule has 3 rings (SSSR count). The van der Waals surface area contributed by atoms with Crippen molar-refractivity contribution in [2.75, 3.05) is 11.1 Å². The Balaban J connectivity index is 1.67. The van der Waals surface area contributed by atoms with Gasteiger partial charge in [0.25, 0.3) is 5.69 Å². The first-order valence-corrected chi connectivity index (χ1v) is 10.3. The Morgan fingerprint density at radius 2 is 2.07 bits per heavy atom. The first kappa shape index (κ1) is 20.1. The van der Waals surface area contributed by atoms with E-state index in [1.54, 1.807) is 18.2 Å². The molecule has 0 aliphatic heterocycles. The van der Waals surface area contributed by atoms with Gasteiger partial charge in [0, 0.05) is 18.5 Å². The van der Waals surface area contributed by atoms with Crippen LogP contribution in [0, 0.1) is 10.1 Å². The smallest absolute Gasteiger partial charge is 0.292 e. The highest BCUT2D eigenvalue weighted by Gasteiger charge is 2.23. The fraction of sp³-hybridized carbons (Fsp3) is 0.421. The van der Waals surface area contributed by atoms with E-state index in [2.05, 4.69) is 22.1 Å². The van der Waals surface area contributed by atoms with Gasteiger partial charge in [-0.2, -0.15) is 0 Å². The van der Waals surface area contributed by atoms with Gasteiger partial charge in [0.05, 0.1) is 10.7 Å². The lowest BCUT2D eigenvalue weighted by Crippen LogP contribution is -2.16. The first-order valence-electron chi connectivity index (χ1n) is 9.30. The fourth-order valence-corrected chi connectivity index (χ4v) is 4.18. The Morgan fingerprint density at radius 1 is 1.32 bits per heavy atom. The summed E-state index contributed by atoms with van der Waals surface area (Å²) >= 11 is 1.27. The molecule has 0 spiro atoms. The highest BCUT2D eigenvalue weighted by atomic mass is 32.2. The molecule has 1 aliphatic carbocycles. The maximum Gasteiger partial charge on any atom is 0.292 e. The van der Waals surface area contributed by atoms with Crippen LogP contribution in [0.15, 0.2) is 42.1 Å². The van der Waals surface area contributed by atoms with E-state index in [0.29, 0.717) is 17.6 Å². The zero-order valence-corrected chi connectivity index (χ0v) is 16.4. The number of nitro benzene ring substituents is 1. The topological polar surface area (TPSA) is 103 Å². The van der Waals surface area contributed by atoms with Crippen LogP contribution in [-0.4, -0.2) is 31.3 Å². The van der Waals surface area contributed by atoms with Crippen molar-refractivity contribution < 1.29 is 9.72 Å². The SMILES string of the molecule is C=CCn1c(SCC(=O)Nc2ccccc2[N+](=O)[O-])nnc1C1CCCCC1. The van der Waals surface area contributed by atoms with Gasteiger partial charge in [0.1, 0.15) is 11.5 Å². The average molecular weight is 401 g/mol. The molecule has 1 heterocycles. The summed E-state index contributed by atoms with van der Waals surface area (Å²) in [4.78, 5) is 22.9. The molecule has 0 saturated heterocycles. The van der Waals surface area contributed by atoms with Gasteiger partial charge in [0.2, 0.25) is 5.91 Å². The number of hydrogen-bond donors (Lipinski definition) is 1. The molecule has 9 heteroatoms. The molecule has 0 unspecified atom stereocenters. The van der Waals surface area contributed by atoms with Crippen LogP contribution in [0.5, 0.6) is 0 Å². The predicted molar refractivity (Wildman–Crippen MR) is 108 cm³/mol. The summed E-state index contributed by atoms with van der Waals surface area (Å²) in [6.45, 7) is 4.40. The minimum Gasteiger partial charge on any atom is -0.320 e. The van der Waals surface area contributed by atoms with E-state index in [0.717, 1.165) is 18.7 Å². The van der Waals surface area contributed by atoms with Crippen molar-refractivity contribution in [2.45, 2.75) is 49.7 Å². The number of thioether (sulfide) groups is 1. The number of rotatable bonds is 8. The quantitative estimate of drug-likeness (QED) is 0.308. The standard InChI is InChI=1S/C19H23N5O3S/c1-2-12-23-18(14-8-4-3-5-9-14)21-22-19(23)28-13-17(25)20-15-10-6-7-11-16(15)24(26)27/h2,6-7,10-11,14H,1,3-5,8-9,12-13H2,(H,20,25). The zero-order chi connectivity index (χ0) is 19.9. The van der Waals surface area contributed by atoms with Gasteiger partial charge in [0.15, 0.2) is 5.16 Å². The van der Waals surface area contributed by atoms with E-state index < -0.39 is 4.92 Å². The number of amides is 1. The molecule has 148 valence electrons. The molecule has 1 aromatic carbocycles. The summed E-state index contributed by atoms with van der Waals surface area (Å²) < 4.78 is 2.02. The molecule has 8 nitrogen and oxygen atoms in total. The maximum atomic E-state index is 12.3. The van der Waals surface area contributed by atoms with Crippen LogP contribution in [0.2, 0.25) is 0 Å². The Labute approximate surface area is 167 Å². The fourth-order valence-electron chi connectivity index (χ4n) is 3.43. The van der Waals surface area contributed by atoms with E-state index in [1.165, 1.54) is 43.2 Å². The second kappa shape index (κ2) is 9.50. The van der Waals surface area contributed by atoms with Crippen molar-refractivity contribution in [3.8, 4) is 0 Å². The third-order valence-corrected chi connectivity index (χ3v) is 5.70. The molecule has 1 saturated carbocycles. The number of carbonyl (C=O) groups excluding carboxylic acids is 1. The molecule has 1 fully saturated rings. The van der Waals surface area contributed by atoms with Crippen molar-refractivity contribution >= 4 is 29.0 Å². The summed E-state index contributed by atoms with van der Waals surface area (Å²) in [5.74, 6) is 1.12. The molecule has 0 radical (unpaired) electrons. The van der Waals surface area contributed by atoms with E-state index in [9.17, 15) is 14.9 Å². The molecule has 1 amide bonds. The van der Waals surface area contributed by atoms with Crippen LogP contribution in [-0.2, 0) is 11.3 Å². The van der Waals surface area contributed by atoms with Crippen LogP contribution in [0.25, 0.3) is 0 Å². The predicted octanol–water partition coefficient (Wildman–Crippen LogP) is 4.15.